The Labute approximate surface area is 108 Å². The SMILES string of the molecule is CCN1CCN(C(=O)Nc2ccc(N)cc2)CC1. The molecule has 1 aromatic carbocycles. The first-order chi connectivity index (χ1) is 8.69. The number of carbonyl (C=O) groups is 1. The highest BCUT2D eigenvalue weighted by atomic mass is 16.2. The fraction of sp³-hybridized carbons (Fsp3) is 0.462. The highest BCUT2D eigenvalue weighted by molar-refractivity contribution is 5.89. The zero-order valence-electron chi connectivity index (χ0n) is 10.7. The Balaban J connectivity index is 1.87. The van der Waals surface area contributed by atoms with Crippen LogP contribution in [0.15, 0.2) is 24.3 Å². The zero-order valence-corrected chi connectivity index (χ0v) is 10.7. The Hall–Kier alpha value is -1.75. The van der Waals surface area contributed by atoms with Crippen LogP contribution < -0.4 is 11.1 Å². The molecule has 0 radical (unpaired) electrons. The molecule has 3 N–H and O–H groups in total. The predicted molar refractivity (Wildman–Crippen MR) is 73.6 cm³/mol. The maximum Gasteiger partial charge on any atom is 0.321 e. The van der Waals surface area contributed by atoms with Crippen LogP contribution in [0.4, 0.5) is 16.2 Å². The second kappa shape index (κ2) is 5.73. The van der Waals surface area contributed by atoms with Gasteiger partial charge in [-0.25, -0.2) is 4.79 Å². The van der Waals surface area contributed by atoms with Crippen molar-refractivity contribution in [3.8, 4) is 0 Å². The second-order valence-corrected chi connectivity index (χ2v) is 4.47. The fourth-order valence-electron chi connectivity index (χ4n) is 2.04. The van der Waals surface area contributed by atoms with E-state index in [4.69, 9.17) is 5.73 Å². The summed E-state index contributed by atoms with van der Waals surface area (Å²) in [5.74, 6) is 0. The van der Waals surface area contributed by atoms with E-state index in [0.717, 1.165) is 38.4 Å². The first kappa shape index (κ1) is 12.7. The molecule has 1 fully saturated rings. The molecular formula is C13H20N4O. The van der Waals surface area contributed by atoms with Crippen LogP contribution in [0.2, 0.25) is 0 Å². The number of likely N-dealkylation sites (N-methyl/N-ethyl adjacent to an activating group) is 1. The first-order valence-corrected chi connectivity index (χ1v) is 6.33. The van der Waals surface area contributed by atoms with E-state index in [0.29, 0.717) is 5.69 Å². The molecule has 0 saturated carbocycles. The minimum absolute atomic E-state index is 0.0319. The first-order valence-electron chi connectivity index (χ1n) is 6.33. The lowest BCUT2D eigenvalue weighted by Gasteiger charge is -2.33. The highest BCUT2D eigenvalue weighted by Gasteiger charge is 2.19. The van der Waals surface area contributed by atoms with Crippen LogP contribution in [-0.2, 0) is 0 Å². The van der Waals surface area contributed by atoms with E-state index < -0.39 is 0 Å². The summed E-state index contributed by atoms with van der Waals surface area (Å²) >= 11 is 0. The van der Waals surface area contributed by atoms with Crippen molar-refractivity contribution in [2.75, 3.05) is 43.8 Å². The van der Waals surface area contributed by atoms with Crippen LogP contribution >= 0.6 is 0 Å². The fourth-order valence-corrected chi connectivity index (χ4v) is 2.04. The number of benzene rings is 1. The third-order valence-corrected chi connectivity index (χ3v) is 3.27. The van der Waals surface area contributed by atoms with Gasteiger partial charge in [0.2, 0.25) is 0 Å². The van der Waals surface area contributed by atoms with E-state index in [-0.39, 0.29) is 6.03 Å². The summed E-state index contributed by atoms with van der Waals surface area (Å²) in [7, 11) is 0. The summed E-state index contributed by atoms with van der Waals surface area (Å²) in [6.45, 7) is 6.66. The van der Waals surface area contributed by atoms with Crippen molar-refractivity contribution < 1.29 is 4.79 Å². The minimum Gasteiger partial charge on any atom is -0.399 e. The molecule has 18 heavy (non-hydrogen) atoms. The molecule has 5 nitrogen and oxygen atoms in total. The lowest BCUT2D eigenvalue weighted by Crippen LogP contribution is -2.49. The Morgan fingerprint density at radius 1 is 1.22 bits per heavy atom. The number of nitrogens with one attached hydrogen (secondary N) is 1. The van der Waals surface area contributed by atoms with Crippen LogP contribution in [0.1, 0.15) is 6.92 Å². The quantitative estimate of drug-likeness (QED) is 0.778. The van der Waals surface area contributed by atoms with Gasteiger partial charge in [0.15, 0.2) is 0 Å². The number of anilines is 2. The van der Waals surface area contributed by atoms with Gasteiger partial charge in [0.25, 0.3) is 0 Å². The Bertz CT molecular complexity index is 396. The number of nitrogens with two attached hydrogens (primary N) is 1. The average Bonchev–Trinajstić information content (AvgIpc) is 2.41. The lowest BCUT2D eigenvalue weighted by atomic mass is 10.3. The topological polar surface area (TPSA) is 61.6 Å². The number of carbonyl (C=O) groups excluding carboxylic acids is 1. The van der Waals surface area contributed by atoms with E-state index in [9.17, 15) is 4.79 Å². The molecule has 98 valence electrons. The number of hydrogen-bond acceptors (Lipinski definition) is 3. The molecule has 0 aromatic heterocycles. The number of hydrogen-bond donors (Lipinski definition) is 2. The normalized spacial score (nSPS) is 16.6. The number of nitrogens with zero attached hydrogens (tertiary/aromatic N) is 2. The zero-order chi connectivity index (χ0) is 13.0. The minimum atomic E-state index is -0.0319. The number of amides is 2. The molecule has 0 unspecified atom stereocenters. The third-order valence-electron chi connectivity index (χ3n) is 3.27. The van der Waals surface area contributed by atoms with Crippen LogP contribution in [0.25, 0.3) is 0 Å². The molecule has 2 rings (SSSR count). The van der Waals surface area contributed by atoms with E-state index in [1.54, 1.807) is 12.1 Å². The Morgan fingerprint density at radius 2 is 1.83 bits per heavy atom. The predicted octanol–water partition coefficient (Wildman–Crippen LogP) is 1.44. The van der Waals surface area contributed by atoms with Gasteiger partial charge in [-0.1, -0.05) is 6.92 Å². The summed E-state index contributed by atoms with van der Waals surface area (Å²) in [6.07, 6.45) is 0. The van der Waals surface area contributed by atoms with E-state index >= 15 is 0 Å². The average molecular weight is 248 g/mol. The van der Waals surface area contributed by atoms with Crippen molar-refractivity contribution >= 4 is 17.4 Å². The molecule has 2 amide bonds. The van der Waals surface area contributed by atoms with Crippen molar-refractivity contribution in [2.24, 2.45) is 0 Å². The molecule has 1 aliphatic heterocycles. The second-order valence-electron chi connectivity index (χ2n) is 4.47. The summed E-state index contributed by atoms with van der Waals surface area (Å²) < 4.78 is 0. The van der Waals surface area contributed by atoms with Gasteiger partial charge < -0.3 is 20.9 Å². The summed E-state index contributed by atoms with van der Waals surface area (Å²) in [5.41, 5.74) is 7.09. The third kappa shape index (κ3) is 3.13. The molecule has 1 aromatic rings. The Morgan fingerprint density at radius 3 is 2.39 bits per heavy atom. The van der Waals surface area contributed by atoms with Crippen molar-refractivity contribution in [1.29, 1.82) is 0 Å². The highest BCUT2D eigenvalue weighted by Crippen LogP contribution is 2.12. The van der Waals surface area contributed by atoms with Gasteiger partial charge in [-0.15, -0.1) is 0 Å². The van der Waals surface area contributed by atoms with Gasteiger partial charge in [0.1, 0.15) is 0 Å². The van der Waals surface area contributed by atoms with Crippen molar-refractivity contribution in [3.63, 3.8) is 0 Å². The molecule has 0 atom stereocenters. The van der Waals surface area contributed by atoms with Gasteiger partial charge in [0.05, 0.1) is 0 Å². The van der Waals surface area contributed by atoms with E-state index in [1.807, 2.05) is 17.0 Å². The van der Waals surface area contributed by atoms with Crippen molar-refractivity contribution in [3.05, 3.63) is 24.3 Å². The number of urea groups is 1. The molecule has 0 aliphatic carbocycles. The maximum absolute atomic E-state index is 12.0. The van der Waals surface area contributed by atoms with E-state index in [1.165, 1.54) is 0 Å². The molecular weight excluding hydrogens is 228 g/mol. The summed E-state index contributed by atoms with van der Waals surface area (Å²) in [5, 5.41) is 2.88. The van der Waals surface area contributed by atoms with Gasteiger partial charge in [-0.2, -0.15) is 0 Å². The molecule has 0 bridgehead atoms. The monoisotopic (exact) mass is 248 g/mol. The lowest BCUT2D eigenvalue weighted by molar-refractivity contribution is 0.151. The number of nitrogen functional groups attached to an aromatic ring is 1. The van der Waals surface area contributed by atoms with Crippen LogP contribution in [-0.4, -0.2) is 48.6 Å². The molecule has 1 heterocycles. The van der Waals surface area contributed by atoms with Crippen LogP contribution in [0.3, 0.4) is 0 Å². The smallest absolute Gasteiger partial charge is 0.321 e. The largest absolute Gasteiger partial charge is 0.399 e. The van der Waals surface area contributed by atoms with Crippen LogP contribution in [0.5, 0.6) is 0 Å². The van der Waals surface area contributed by atoms with Crippen molar-refractivity contribution in [2.45, 2.75) is 6.92 Å². The molecule has 1 aliphatic rings. The number of piperazine rings is 1. The van der Waals surface area contributed by atoms with Crippen LogP contribution in [0, 0.1) is 0 Å². The Kier molecular flexibility index (Phi) is 4.04. The standard InChI is InChI=1S/C13H20N4O/c1-2-16-7-9-17(10-8-16)13(18)15-12-5-3-11(14)4-6-12/h3-6H,2,7-10,14H2,1H3,(H,15,18). The van der Waals surface area contributed by atoms with Gasteiger partial charge >= 0.3 is 6.03 Å². The maximum atomic E-state index is 12.0. The molecule has 5 heteroatoms. The van der Waals surface area contributed by atoms with Gasteiger partial charge in [-0.05, 0) is 30.8 Å². The van der Waals surface area contributed by atoms with Crippen molar-refractivity contribution in [1.82, 2.24) is 9.80 Å². The summed E-state index contributed by atoms with van der Waals surface area (Å²) in [4.78, 5) is 16.2. The summed E-state index contributed by atoms with van der Waals surface area (Å²) in [6, 6.07) is 7.16. The molecule has 1 saturated heterocycles. The van der Waals surface area contributed by atoms with E-state index in [2.05, 4.69) is 17.1 Å². The molecule has 0 spiro atoms. The number of rotatable bonds is 2. The van der Waals surface area contributed by atoms with Gasteiger partial charge in [0, 0.05) is 37.6 Å². The van der Waals surface area contributed by atoms with Gasteiger partial charge in [-0.3, -0.25) is 0 Å².